The van der Waals surface area contributed by atoms with Gasteiger partial charge in [-0.1, -0.05) is 12.1 Å². The molecule has 1 aromatic rings. The van der Waals surface area contributed by atoms with E-state index in [1.165, 1.54) is 6.92 Å². The smallest absolute Gasteiger partial charge is 0.331 e. The van der Waals surface area contributed by atoms with Crippen molar-refractivity contribution in [2.75, 3.05) is 13.7 Å². The van der Waals surface area contributed by atoms with E-state index in [2.05, 4.69) is 10.1 Å². The van der Waals surface area contributed by atoms with Crippen LogP contribution in [0.5, 0.6) is 5.75 Å². The second-order valence-electron chi connectivity index (χ2n) is 4.73. The van der Waals surface area contributed by atoms with Crippen LogP contribution in [0.3, 0.4) is 0 Å². The molecule has 24 heavy (non-hydrogen) atoms. The Hall–Kier alpha value is -2.83. The van der Waals surface area contributed by atoms with Crippen molar-refractivity contribution >= 4 is 17.8 Å². The first kappa shape index (κ1) is 19.2. The Bertz CT molecular complexity index is 594. The van der Waals surface area contributed by atoms with E-state index in [4.69, 9.17) is 9.47 Å². The number of benzene rings is 1. The minimum absolute atomic E-state index is 0.211. The molecule has 7 nitrogen and oxygen atoms in total. The van der Waals surface area contributed by atoms with Gasteiger partial charge in [0.1, 0.15) is 5.75 Å². The van der Waals surface area contributed by atoms with E-state index in [0.29, 0.717) is 6.54 Å². The molecule has 0 aromatic heterocycles. The van der Waals surface area contributed by atoms with Crippen LogP contribution in [-0.2, 0) is 30.4 Å². The molecule has 0 heterocycles. The Kier molecular flexibility index (Phi) is 8.04. The Balaban J connectivity index is 2.40. The maximum Gasteiger partial charge on any atom is 0.331 e. The van der Waals surface area contributed by atoms with Gasteiger partial charge in [0.25, 0.3) is 5.91 Å². The van der Waals surface area contributed by atoms with Crippen LogP contribution in [0.25, 0.3) is 0 Å². The summed E-state index contributed by atoms with van der Waals surface area (Å²) in [5.41, 5.74) is 0.880. The summed E-state index contributed by atoms with van der Waals surface area (Å²) < 4.78 is 14.6. The van der Waals surface area contributed by atoms with Crippen LogP contribution in [0.2, 0.25) is 0 Å². The third-order valence-electron chi connectivity index (χ3n) is 2.93. The van der Waals surface area contributed by atoms with E-state index >= 15 is 0 Å². The van der Waals surface area contributed by atoms with E-state index in [1.54, 1.807) is 26.2 Å². The first-order valence-corrected chi connectivity index (χ1v) is 7.42. The summed E-state index contributed by atoms with van der Waals surface area (Å²) in [6.07, 6.45) is 0.890. The van der Waals surface area contributed by atoms with Gasteiger partial charge >= 0.3 is 11.9 Å². The van der Waals surface area contributed by atoms with E-state index < -0.39 is 23.9 Å². The molecule has 0 aliphatic rings. The fourth-order valence-electron chi connectivity index (χ4n) is 1.67. The standard InChI is InChI=1S/C17H21NO6/c1-4-23-15(19)9-10-16(20)24-12(2)17(21)18-11-13-5-7-14(22-3)8-6-13/h5-10,12H,4,11H2,1-3H3,(H,18,21)/b10-9+/t12-/m0/s1. The lowest BCUT2D eigenvalue weighted by molar-refractivity contribution is -0.150. The number of methoxy groups -OCH3 is 1. The van der Waals surface area contributed by atoms with Crippen molar-refractivity contribution < 1.29 is 28.6 Å². The van der Waals surface area contributed by atoms with E-state index in [9.17, 15) is 14.4 Å². The molecule has 0 aliphatic carbocycles. The molecule has 1 amide bonds. The molecule has 0 fully saturated rings. The topological polar surface area (TPSA) is 90.9 Å². The predicted molar refractivity (Wildman–Crippen MR) is 86.2 cm³/mol. The number of hydrogen-bond acceptors (Lipinski definition) is 6. The fraction of sp³-hybridized carbons (Fsp3) is 0.353. The summed E-state index contributed by atoms with van der Waals surface area (Å²) in [4.78, 5) is 34.5. The number of nitrogens with one attached hydrogen (secondary N) is 1. The quantitative estimate of drug-likeness (QED) is 0.570. The van der Waals surface area contributed by atoms with Gasteiger partial charge in [0.15, 0.2) is 6.10 Å². The van der Waals surface area contributed by atoms with Crippen LogP contribution in [0, 0.1) is 0 Å². The summed E-state index contributed by atoms with van der Waals surface area (Å²) in [7, 11) is 1.57. The Labute approximate surface area is 140 Å². The van der Waals surface area contributed by atoms with E-state index in [-0.39, 0.29) is 6.61 Å². The van der Waals surface area contributed by atoms with Gasteiger partial charge in [-0.25, -0.2) is 9.59 Å². The Morgan fingerprint density at radius 2 is 1.75 bits per heavy atom. The molecule has 0 radical (unpaired) electrons. The minimum Gasteiger partial charge on any atom is -0.497 e. The molecule has 130 valence electrons. The van der Waals surface area contributed by atoms with Crippen molar-refractivity contribution in [1.82, 2.24) is 5.32 Å². The summed E-state index contributed by atoms with van der Waals surface area (Å²) in [5.74, 6) is -1.16. The number of ether oxygens (including phenoxy) is 3. The summed E-state index contributed by atoms with van der Waals surface area (Å²) in [6, 6.07) is 7.20. The highest BCUT2D eigenvalue weighted by molar-refractivity contribution is 5.93. The fourth-order valence-corrected chi connectivity index (χ4v) is 1.67. The van der Waals surface area contributed by atoms with Crippen LogP contribution in [0.15, 0.2) is 36.4 Å². The SMILES string of the molecule is CCOC(=O)/C=C/C(=O)O[C@@H](C)C(=O)NCc1ccc(OC)cc1. The van der Waals surface area contributed by atoms with Gasteiger partial charge in [0, 0.05) is 18.7 Å². The average Bonchev–Trinajstić information content (AvgIpc) is 2.58. The van der Waals surface area contributed by atoms with Crippen molar-refractivity contribution in [2.24, 2.45) is 0 Å². The molecule has 7 heteroatoms. The van der Waals surface area contributed by atoms with Crippen LogP contribution in [0.1, 0.15) is 19.4 Å². The van der Waals surface area contributed by atoms with Crippen molar-refractivity contribution in [3.8, 4) is 5.75 Å². The van der Waals surface area contributed by atoms with Gasteiger partial charge < -0.3 is 19.5 Å². The molecular weight excluding hydrogens is 314 g/mol. The maximum atomic E-state index is 11.9. The Morgan fingerprint density at radius 3 is 2.33 bits per heavy atom. The van der Waals surface area contributed by atoms with Crippen molar-refractivity contribution in [3.63, 3.8) is 0 Å². The van der Waals surface area contributed by atoms with Crippen LogP contribution >= 0.6 is 0 Å². The Morgan fingerprint density at radius 1 is 1.12 bits per heavy atom. The number of carbonyl (C=O) groups is 3. The number of carbonyl (C=O) groups excluding carboxylic acids is 3. The van der Waals surface area contributed by atoms with E-state index in [1.807, 2.05) is 12.1 Å². The molecule has 0 unspecified atom stereocenters. The zero-order valence-corrected chi connectivity index (χ0v) is 13.9. The van der Waals surface area contributed by atoms with Gasteiger partial charge in [0.05, 0.1) is 13.7 Å². The first-order chi connectivity index (χ1) is 11.5. The summed E-state index contributed by atoms with van der Waals surface area (Å²) in [6.45, 7) is 3.60. The third kappa shape index (κ3) is 6.95. The van der Waals surface area contributed by atoms with E-state index in [0.717, 1.165) is 23.5 Å². The second kappa shape index (κ2) is 10.0. The molecule has 1 rings (SSSR count). The third-order valence-corrected chi connectivity index (χ3v) is 2.93. The zero-order chi connectivity index (χ0) is 17.9. The van der Waals surface area contributed by atoms with Gasteiger partial charge in [-0.3, -0.25) is 4.79 Å². The number of rotatable bonds is 8. The number of amides is 1. The van der Waals surface area contributed by atoms with Gasteiger partial charge in [-0.2, -0.15) is 0 Å². The molecule has 1 aromatic carbocycles. The van der Waals surface area contributed by atoms with Gasteiger partial charge in [0.2, 0.25) is 0 Å². The molecule has 1 N–H and O–H groups in total. The normalized spacial score (nSPS) is 11.6. The van der Waals surface area contributed by atoms with Crippen molar-refractivity contribution in [1.29, 1.82) is 0 Å². The zero-order valence-electron chi connectivity index (χ0n) is 13.9. The summed E-state index contributed by atoms with van der Waals surface area (Å²) >= 11 is 0. The lowest BCUT2D eigenvalue weighted by Gasteiger charge is -2.12. The number of esters is 2. The molecule has 0 aliphatic heterocycles. The second-order valence-corrected chi connectivity index (χ2v) is 4.73. The highest BCUT2D eigenvalue weighted by atomic mass is 16.5. The van der Waals surface area contributed by atoms with Crippen molar-refractivity contribution in [3.05, 3.63) is 42.0 Å². The largest absolute Gasteiger partial charge is 0.497 e. The van der Waals surface area contributed by atoms with Crippen molar-refractivity contribution in [2.45, 2.75) is 26.5 Å². The highest BCUT2D eigenvalue weighted by Crippen LogP contribution is 2.11. The lowest BCUT2D eigenvalue weighted by atomic mass is 10.2. The average molecular weight is 335 g/mol. The lowest BCUT2D eigenvalue weighted by Crippen LogP contribution is -2.35. The predicted octanol–water partition coefficient (Wildman–Crippen LogP) is 1.36. The van der Waals surface area contributed by atoms with Gasteiger partial charge in [-0.15, -0.1) is 0 Å². The van der Waals surface area contributed by atoms with Crippen LogP contribution < -0.4 is 10.1 Å². The van der Waals surface area contributed by atoms with Crippen LogP contribution in [-0.4, -0.2) is 37.7 Å². The summed E-state index contributed by atoms with van der Waals surface area (Å²) in [5, 5.41) is 2.65. The molecule has 0 bridgehead atoms. The minimum atomic E-state index is -0.984. The molecule has 0 saturated heterocycles. The monoisotopic (exact) mass is 335 g/mol. The maximum absolute atomic E-state index is 11.9. The number of hydrogen-bond donors (Lipinski definition) is 1. The van der Waals surface area contributed by atoms with Gasteiger partial charge in [-0.05, 0) is 31.5 Å². The first-order valence-electron chi connectivity index (χ1n) is 7.42. The van der Waals surface area contributed by atoms with Crippen LogP contribution in [0.4, 0.5) is 0 Å². The highest BCUT2D eigenvalue weighted by Gasteiger charge is 2.16. The molecule has 0 spiro atoms. The molecule has 1 atom stereocenters. The molecular formula is C17H21NO6. The molecule has 0 saturated carbocycles.